The molecule has 3 rings (SSSR count). The SMILES string of the molecule is CN1C(O)=C(C(=O)Nc2ccc(Cl)cc2)c2cscc2S1(=O)=O. The fraction of sp³-hybridized carbons (Fsp3) is 0.0714. The molecule has 1 aliphatic rings. The van der Waals surface area contributed by atoms with Gasteiger partial charge < -0.3 is 10.4 Å². The standard InChI is InChI=1S/C14H11ClN2O4S2/c1-17-14(19)12(10-6-22-7-11(10)23(17,20)21)13(18)16-9-4-2-8(15)3-5-9/h2-7,19H,1H3,(H,16,18). The monoisotopic (exact) mass is 370 g/mol. The van der Waals surface area contributed by atoms with Crippen molar-refractivity contribution >= 4 is 50.1 Å². The quantitative estimate of drug-likeness (QED) is 0.850. The minimum Gasteiger partial charge on any atom is -0.493 e. The van der Waals surface area contributed by atoms with Crippen molar-refractivity contribution < 1.29 is 18.3 Å². The maximum Gasteiger partial charge on any atom is 0.267 e. The zero-order valence-electron chi connectivity index (χ0n) is 11.8. The lowest BCUT2D eigenvalue weighted by Gasteiger charge is -2.25. The Balaban J connectivity index is 2.03. The van der Waals surface area contributed by atoms with E-state index >= 15 is 0 Å². The molecule has 6 nitrogen and oxygen atoms in total. The lowest BCUT2D eigenvalue weighted by molar-refractivity contribution is -0.111. The van der Waals surface area contributed by atoms with Crippen molar-refractivity contribution in [3.8, 4) is 0 Å². The van der Waals surface area contributed by atoms with E-state index in [1.165, 1.54) is 17.8 Å². The summed E-state index contributed by atoms with van der Waals surface area (Å²) >= 11 is 6.93. The summed E-state index contributed by atoms with van der Waals surface area (Å²) in [5, 5.41) is 16.3. The van der Waals surface area contributed by atoms with Gasteiger partial charge in [0, 0.05) is 34.1 Å². The van der Waals surface area contributed by atoms with Crippen LogP contribution in [0.3, 0.4) is 0 Å². The number of nitrogens with zero attached hydrogens (tertiary/aromatic N) is 1. The number of benzene rings is 1. The van der Waals surface area contributed by atoms with Crippen molar-refractivity contribution in [2.45, 2.75) is 4.90 Å². The van der Waals surface area contributed by atoms with Gasteiger partial charge in [0.2, 0.25) is 5.88 Å². The zero-order valence-corrected chi connectivity index (χ0v) is 14.2. The fourth-order valence-electron chi connectivity index (χ4n) is 2.16. The number of rotatable bonds is 2. The summed E-state index contributed by atoms with van der Waals surface area (Å²) in [4.78, 5) is 12.5. The number of aliphatic hydroxyl groups is 1. The number of thiophene rings is 1. The van der Waals surface area contributed by atoms with Gasteiger partial charge in [-0.3, -0.25) is 4.79 Å². The van der Waals surface area contributed by atoms with Crippen LogP contribution in [0.4, 0.5) is 5.69 Å². The number of carbonyl (C=O) groups excluding carboxylic acids is 1. The zero-order chi connectivity index (χ0) is 16.8. The van der Waals surface area contributed by atoms with Gasteiger partial charge in [-0.05, 0) is 24.3 Å². The minimum atomic E-state index is -3.83. The van der Waals surface area contributed by atoms with Gasteiger partial charge >= 0.3 is 0 Å². The first-order valence-corrected chi connectivity index (χ1v) is 9.14. The molecule has 0 radical (unpaired) electrons. The van der Waals surface area contributed by atoms with Gasteiger partial charge in [-0.1, -0.05) is 11.6 Å². The first-order chi connectivity index (χ1) is 10.8. The molecule has 0 saturated heterocycles. The molecule has 0 unspecified atom stereocenters. The maximum atomic E-state index is 12.5. The number of anilines is 1. The minimum absolute atomic E-state index is 0.00376. The van der Waals surface area contributed by atoms with Gasteiger partial charge in [-0.25, -0.2) is 12.7 Å². The number of hydrogen-bond donors (Lipinski definition) is 2. The van der Waals surface area contributed by atoms with Crippen LogP contribution in [0.2, 0.25) is 5.02 Å². The van der Waals surface area contributed by atoms with Crippen LogP contribution in [0.25, 0.3) is 5.57 Å². The summed E-state index contributed by atoms with van der Waals surface area (Å²) in [6.45, 7) is 0. The molecule has 0 bridgehead atoms. The molecule has 2 aromatic rings. The molecule has 1 amide bonds. The maximum absolute atomic E-state index is 12.5. The molecule has 0 saturated carbocycles. The summed E-state index contributed by atoms with van der Waals surface area (Å²) in [6, 6.07) is 6.43. The molecule has 0 atom stereocenters. The second-order valence-corrected chi connectivity index (χ2v) is 7.90. The van der Waals surface area contributed by atoms with E-state index in [-0.39, 0.29) is 16.0 Å². The molecule has 0 spiro atoms. The number of amides is 1. The summed E-state index contributed by atoms with van der Waals surface area (Å²) in [6.07, 6.45) is 0. The number of carbonyl (C=O) groups is 1. The molecule has 120 valence electrons. The van der Waals surface area contributed by atoms with E-state index in [2.05, 4.69) is 5.32 Å². The van der Waals surface area contributed by atoms with E-state index in [0.717, 1.165) is 11.3 Å². The summed E-state index contributed by atoms with van der Waals surface area (Å²) < 4.78 is 25.2. The number of hydrogen-bond acceptors (Lipinski definition) is 5. The van der Waals surface area contributed by atoms with E-state index in [0.29, 0.717) is 15.0 Å². The Morgan fingerprint density at radius 3 is 2.57 bits per heavy atom. The molecule has 1 aromatic heterocycles. The highest BCUT2D eigenvalue weighted by molar-refractivity contribution is 7.89. The Hall–Kier alpha value is -2.03. The van der Waals surface area contributed by atoms with Crippen LogP contribution in [0.1, 0.15) is 5.56 Å². The van der Waals surface area contributed by atoms with Crippen molar-refractivity contribution in [3.05, 3.63) is 51.5 Å². The molecule has 2 N–H and O–H groups in total. The largest absolute Gasteiger partial charge is 0.493 e. The Bertz CT molecular complexity index is 917. The summed E-state index contributed by atoms with van der Waals surface area (Å²) in [5.74, 6) is -1.21. The van der Waals surface area contributed by atoms with Gasteiger partial charge in [0.1, 0.15) is 10.5 Å². The highest BCUT2D eigenvalue weighted by atomic mass is 35.5. The first-order valence-electron chi connectivity index (χ1n) is 6.38. The van der Waals surface area contributed by atoms with E-state index < -0.39 is 21.8 Å². The van der Waals surface area contributed by atoms with E-state index in [1.807, 2.05) is 0 Å². The number of sulfonamides is 1. The van der Waals surface area contributed by atoms with Gasteiger partial charge in [-0.2, -0.15) is 11.3 Å². The number of halogens is 1. The number of fused-ring (bicyclic) bond motifs is 1. The Labute approximate surface area is 141 Å². The van der Waals surface area contributed by atoms with Crippen LogP contribution in [0.15, 0.2) is 45.8 Å². The van der Waals surface area contributed by atoms with Crippen LogP contribution in [-0.4, -0.2) is 30.8 Å². The van der Waals surface area contributed by atoms with E-state index in [9.17, 15) is 18.3 Å². The highest BCUT2D eigenvalue weighted by Crippen LogP contribution is 2.37. The third-order valence-electron chi connectivity index (χ3n) is 3.39. The van der Waals surface area contributed by atoms with Gasteiger partial charge in [0.25, 0.3) is 15.9 Å². The van der Waals surface area contributed by atoms with Crippen molar-refractivity contribution in [3.63, 3.8) is 0 Å². The first kappa shape index (κ1) is 15.9. The molecule has 2 heterocycles. The Morgan fingerprint density at radius 2 is 1.91 bits per heavy atom. The molecule has 0 fully saturated rings. The predicted octanol–water partition coefficient (Wildman–Crippen LogP) is 2.90. The van der Waals surface area contributed by atoms with Crippen LogP contribution < -0.4 is 5.32 Å². The number of aliphatic hydroxyl groups excluding tert-OH is 1. The van der Waals surface area contributed by atoms with E-state index in [1.54, 1.807) is 24.3 Å². The lowest BCUT2D eigenvalue weighted by Crippen LogP contribution is -2.33. The lowest BCUT2D eigenvalue weighted by atomic mass is 10.1. The van der Waals surface area contributed by atoms with Gasteiger partial charge in [-0.15, -0.1) is 0 Å². The highest BCUT2D eigenvalue weighted by Gasteiger charge is 2.38. The summed E-state index contributed by atoms with van der Waals surface area (Å²) in [5.41, 5.74) is 0.582. The average Bonchev–Trinajstić information content (AvgIpc) is 2.98. The van der Waals surface area contributed by atoms with Crippen LogP contribution in [0, 0.1) is 0 Å². The summed E-state index contributed by atoms with van der Waals surface area (Å²) in [7, 11) is -2.64. The van der Waals surface area contributed by atoms with E-state index in [4.69, 9.17) is 11.6 Å². The average molecular weight is 371 g/mol. The van der Waals surface area contributed by atoms with Crippen molar-refractivity contribution in [2.75, 3.05) is 12.4 Å². The third-order valence-corrected chi connectivity index (χ3v) is 6.32. The Morgan fingerprint density at radius 1 is 1.26 bits per heavy atom. The smallest absolute Gasteiger partial charge is 0.267 e. The molecule has 1 aromatic carbocycles. The normalized spacial score (nSPS) is 16.2. The number of nitrogens with one attached hydrogen (secondary N) is 1. The van der Waals surface area contributed by atoms with Crippen LogP contribution in [-0.2, 0) is 14.8 Å². The van der Waals surface area contributed by atoms with Gasteiger partial charge in [0.05, 0.1) is 0 Å². The van der Waals surface area contributed by atoms with Crippen LogP contribution >= 0.6 is 22.9 Å². The topological polar surface area (TPSA) is 86.7 Å². The fourth-order valence-corrected chi connectivity index (χ4v) is 4.76. The van der Waals surface area contributed by atoms with Crippen molar-refractivity contribution in [1.29, 1.82) is 0 Å². The van der Waals surface area contributed by atoms with Crippen molar-refractivity contribution in [2.24, 2.45) is 0 Å². The van der Waals surface area contributed by atoms with Crippen LogP contribution in [0.5, 0.6) is 0 Å². The molecule has 0 aliphatic carbocycles. The third kappa shape index (κ3) is 2.58. The second kappa shape index (κ2) is 5.55. The molecule has 23 heavy (non-hydrogen) atoms. The molecule has 1 aliphatic heterocycles. The second-order valence-electron chi connectivity index (χ2n) is 4.78. The predicted molar refractivity (Wildman–Crippen MR) is 88.9 cm³/mol. The Kier molecular flexibility index (Phi) is 3.83. The van der Waals surface area contributed by atoms with Crippen molar-refractivity contribution in [1.82, 2.24) is 4.31 Å². The molecule has 9 heteroatoms. The molecular formula is C14H11ClN2O4S2. The van der Waals surface area contributed by atoms with Gasteiger partial charge in [0.15, 0.2) is 0 Å². The molecular weight excluding hydrogens is 360 g/mol.